The third-order valence-electron chi connectivity index (χ3n) is 3.67. The number of rotatable bonds is 4. The van der Waals surface area contributed by atoms with Crippen LogP contribution in [0.4, 0.5) is 28.7 Å². The Morgan fingerprint density at radius 3 is 2.52 bits per heavy atom. The molecular formula is C15H18N6O2. The van der Waals surface area contributed by atoms with Gasteiger partial charge >= 0.3 is 5.69 Å². The number of nitro groups is 1. The molecule has 1 aliphatic rings. The molecule has 0 atom stereocenters. The zero-order valence-corrected chi connectivity index (χ0v) is 12.5. The summed E-state index contributed by atoms with van der Waals surface area (Å²) >= 11 is 0. The molecule has 1 fully saturated rings. The van der Waals surface area contributed by atoms with Crippen LogP contribution in [-0.4, -0.2) is 36.1 Å². The summed E-state index contributed by atoms with van der Waals surface area (Å²) in [5.74, 6) is 0.964. The number of piperazine rings is 1. The van der Waals surface area contributed by atoms with Crippen LogP contribution < -0.4 is 21.3 Å². The summed E-state index contributed by atoms with van der Waals surface area (Å²) in [7, 11) is 0. The zero-order chi connectivity index (χ0) is 16.2. The van der Waals surface area contributed by atoms with E-state index >= 15 is 0 Å². The maximum Gasteiger partial charge on any atom is 0.311 e. The molecule has 2 heterocycles. The van der Waals surface area contributed by atoms with Crippen LogP contribution in [-0.2, 0) is 0 Å². The smallest absolute Gasteiger partial charge is 0.311 e. The molecule has 120 valence electrons. The highest BCUT2D eigenvalue weighted by Gasteiger charge is 2.19. The fourth-order valence-electron chi connectivity index (χ4n) is 2.45. The Morgan fingerprint density at radius 1 is 1.17 bits per heavy atom. The van der Waals surface area contributed by atoms with Gasteiger partial charge in [0.25, 0.3) is 0 Å². The lowest BCUT2D eigenvalue weighted by molar-refractivity contribution is -0.384. The highest BCUT2D eigenvalue weighted by atomic mass is 16.6. The lowest BCUT2D eigenvalue weighted by atomic mass is 10.2. The molecule has 2 aromatic rings. The molecule has 4 N–H and O–H groups in total. The monoisotopic (exact) mass is 314 g/mol. The van der Waals surface area contributed by atoms with Gasteiger partial charge in [0.2, 0.25) is 5.82 Å². The Balaban J connectivity index is 1.91. The summed E-state index contributed by atoms with van der Waals surface area (Å²) in [5, 5.41) is 17.5. The number of nitrogens with zero attached hydrogens (tertiary/aromatic N) is 3. The number of aromatic nitrogens is 1. The van der Waals surface area contributed by atoms with Gasteiger partial charge < -0.3 is 21.3 Å². The quantitative estimate of drug-likeness (QED) is 0.448. The van der Waals surface area contributed by atoms with Crippen LogP contribution in [0.5, 0.6) is 0 Å². The molecule has 1 saturated heterocycles. The second-order valence-corrected chi connectivity index (χ2v) is 5.28. The Morgan fingerprint density at radius 2 is 1.87 bits per heavy atom. The fraction of sp³-hybridized carbons (Fsp3) is 0.267. The van der Waals surface area contributed by atoms with Gasteiger partial charge in [0, 0.05) is 43.6 Å². The summed E-state index contributed by atoms with van der Waals surface area (Å²) in [6, 6.07) is 10.2. The number of benzene rings is 1. The number of hydrogen-bond donors (Lipinski definition) is 3. The minimum Gasteiger partial charge on any atom is -0.399 e. The van der Waals surface area contributed by atoms with Gasteiger partial charge in [-0.1, -0.05) is 0 Å². The van der Waals surface area contributed by atoms with Crippen LogP contribution in [0.15, 0.2) is 36.4 Å². The van der Waals surface area contributed by atoms with Crippen LogP contribution >= 0.6 is 0 Å². The molecule has 3 rings (SSSR count). The number of nitrogens with two attached hydrogens (primary N) is 1. The summed E-state index contributed by atoms with van der Waals surface area (Å²) < 4.78 is 0. The van der Waals surface area contributed by atoms with E-state index in [1.54, 1.807) is 30.3 Å². The van der Waals surface area contributed by atoms with E-state index in [0.717, 1.165) is 32.0 Å². The molecule has 0 amide bonds. The van der Waals surface area contributed by atoms with Crippen molar-refractivity contribution in [3.63, 3.8) is 0 Å². The summed E-state index contributed by atoms with van der Waals surface area (Å²) in [5.41, 5.74) is 6.93. The van der Waals surface area contributed by atoms with E-state index < -0.39 is 4.92 Å². The second-order valence-electron chi connectivity index (χ2n) is 5.28. The topological polar surface area (TPSA) is 109 Å². The Bertz CT molecular complexity index is 698. The van der Waals surface area contributed by atoms with Crippen molar-refractivity contribution in [1.29, 1.82) is 0 Å². The average molecular weight is 314 g/mol. The van der Waals surface area contributed by atoms with Crippen molar-refractivity contribution in [1.82, 2.24) is 10.3 Å². The first-order valence-electron chi connectivity index (χ1n) is 7.37. The standard InChI is InChI=1S/C15H18N6O2/c16-11-1-3-12(4-2-11)18-15-13(21(22)23)5-6-14(19-15)20-9-7-17-8-10-20/h1-6,17H,7-10,16H2,(H,18,19). The molecule has 1 aromatic carbocycles. The third-order valence-corrected chi connectivity index (χ3v) is 3.67. The van der Waals surface area contributed by atoms with Gasteiger partial charge in [-0.25, -0.2) is 4.98 Å². The van der Waals surface area contributed by atoms with Crippen molar-refractivity contribution in [2.24, 2.45) is 0 Å². The molecule has 0 spiro atoms. The first-order chi connectivity index (χ1) is 11.1. The summed E-state index contributed by atoms with van der Waals surface area (Å²) in [6.07, 6.45) is 0. The molecule has 23 heavy (non-hydrogen) atoms. The van der Waals surface area contributed by atoms with Crippen LogP contribution in [0, 0.1) is 10.1 Å². The largest absolute Gasteiger partial charge is 0.399 e. The van der Waals surface area contributed by atoms with Crippen molar-refractivity contribution in [3.05, 3.63) is 46.5 Å². The Hall–Kier alpha value is -2.87. The van der Waals surface area contributed by atoms with E-state index in [4.69, 9.17) is 5.73 Å². The average Bonchev–Trinajstić information content (AvgIpc) is 2.57. The first-order valence-corrected chi connectivity index (χ1v) is 7.37. The van der Waals surface area contributed by atoms with Gasteiger partial charge in [-0.05, 0) is 30.3 Å². The lowest BCUT2D eigenvalue weighted by Gasteiger charge is -2.28. The van der Waals surface area contributed by atoms with Crippen LogP contribution in [0.2, 0.25) is 0 Å². The maximum atomic E-state index is 11.2. The molecule has 0 saturated carbocycles. The van der Waals surface area contributed by atoms with E-state index in [1.165, 1.54) is 6.07 Å². The number of nitrogen functional groups attached to an aromatic ring is 1. The van der Waals surface area contributed by atoms with Gasteiger partial charge in [-0.3, -0.25) is 10.1 Å². The molecule has 1 aromatic heterocycles. The van der Waals surface area contributed by atoms with Crippen molar-refractivity contribution >= 4 is 28.7 Å². The van der Waals surface area contributed by atoms with Crippen molar-refractivity contribution < 1.29 is 4.92 Å². The molecule has 0 radical (unpaired) electrons. The van der Waals surface area contributed by atoms with Gasteiger partial charge in [0.05, 0.1) is 4.92 Å². The van der Waals surface area contributed by atoms with E-state index in [-0.39, 0.29) is 11.5 Å². The van der Waals surface area contributed by atoms with E-state index in [2.05, 4.69) is 20.5 Å². The maximum absolute atomic E-state index is 11.2. The predicted octanol–water partition coefficient (Wildman–Crippen LogP) is 1.73. The molecule has 1 aliphatic heterocycles. The summed E-state index contributed by atoms with van der Waals surface area (Å²) in [4.78, 5) is 17.4. The molecular weight excluding hydrogens is 296 g/mol. The highest BCUT2D eigenvalue weighted by molar-refractivity contribution is 5.68. The van der Waals surface area contributed by atoms with E-state index in [0.29, 0.717) is 11.4 Å². The number of nitrogens with one attached hydrogen (secondary N) is 2. The molecule has 8 nitrogen and oxygen atoms in total. The predicted molar refractivity (Wildman–Crippen MR) is 90.1 cm³/mol. The normalized spacial score (nSPS) is 14.5. The van der Waals surface area contributed by atoms with Gasteiger partial charge in [0.1, 0.15) is 5.82 Å². The molecule has 0 unspecified atom stereocenters. The third kappa shape index (κ3) is 3.49. The highest BCUT2D eigenvalue weighted by Crippen LogP contribution is 2.28. The molecule has 0 bridgehead atoms. The number of pyridine rings is 1. The number of hydrogen-bond acceptors (Lipinski definition) is 7. The van der Waals surface area contributed by atoms with Gasteiger partial charge in [0.15, 0.2) is 0 Å². The Kier molecular flexibility index (Phi) is 4.24. The zero-order valence-electron chi connectivity index (χ0n) is 12.5. The van der Waals surface area contributed by atoms with Crippen LogP contribution in [0.25, 0.3) is 0 Å². The van der Waals surface area contributed by atoms with Crippen molar-refractivity contribution in [3.8, 4) is 0 Å². The van der Waals surface area contributed by atoms with Crippen molar-refractivity contribution in [2.75, 3.05) is 42.1 Å². The van der Waals surface area contributed by atoms with Crippen LogP contribution in [0.3, 0.4) is 0 Å². The second kappa shape index (κ2) is 6.49. The minimum atomic E-state index is -0.436. The molecule has 0 aliphatic carbocycles. The number of anilines is 4. The fourth-order valence-corrected chi connectivity index (χ4v) is 2.45. The summed E-state index contributed by atoms with van der Waals surface area (Å²) in [6.45, 7) is 3.40. The first kappa shape index (κ1) is 15.0. The van der Waals surface area contributed by atoms with Crippen LogP contribution in [0.1, 0.15) is 0 Å². The van der Waals surface area contributed by atoms with E-state index in [1.807, 2.05) is 0 Å². The van der Waals surface area contributed by atoms with Crippen molar-refractivity contribution in [2.45, 2.75) is 0 Å². The van der Waals surface area contributed by atoms with E-state index in [9.17, 15) is 10.1 Å². The lowest BCUT2D eigenvalue weighted by Crippen LogP contribution is -2.43. The minimum absolute atomic E-state index is 0.0549. The molecule has 8 heteroatoms. The SMILES string of the molecule is Nc1ccc(Nc2nc(N3CCNCC3)ccc2[N+](=O)[O-])cc1. The Labute approximate surface area is 133 Å². The van der Waals surface area contributed by atoms with Gasteiger partial charge in [-0.2, -0.15) is 0 Å². The van der Waals surface area contributed by atoms with Gasteiger partial charge in [-0.15, -0.1) is 0 Å².